The topological polar surface area (TPSA) is 114 Å². The minimum absolute atomic E-state index is 0.00943. The summed E-state index contributed by atoms with van der Waals surface area (Å²) in [7, 11) is 3.87. The van der Waals surface area contributed by atoms with Crippen LogP contribution in [0, 0.1) is 11.8 Å². The van der Waals surface area contributed by atoms with Crippen molar-refractivity contribution in [3.05, 3.63) is 72.0 Å². The second-order valence-corrected chi connectivity index (χ2v) is 10.6. The number of rotatable bonds is 3. The van der Waals surface area contributed by atoms with Gasteiger partial charge in [0, 0.05) is 44.3 Å². The lowest BCUT2D eigenvalue weighted by atomic mass is 9.90. The van der Waals surface area contributed by atoms with Crippen molar-refractivity contribution >= 4 is 17.1 Å². The largest absolute Gasteiger partial charge is 0.385 e. The van der Waals surface area contributed by atoms with Gasteiger partial charge in [0.1, 0.15) is 12.0 Å². The van der Waals surface area contributed by atoms with Crippen molar-refractivity contribution in [2.45, 2.75) is 51.2 Å². The molecule has 4 atom stereocenters. The Balaban J connectivity index is 0.000000171. The highest BCUT2D eigenvalue weighted by molar-refractivity contribution is 5.98. The van der Waals surface area contributed by atoms with E-state index >= 15 is 0 Å². The number of fused-ring (bicyclic) bond motifs is 4. The molecule has 0 radical (unpaired) electrons. The fourth-order valence-electron chi connectivity index (χ4n) is 5.46. The normalized spacial score (nSPS) is 26.7. The van der Waals surface area contributed by atoms with Gasteiger partial charge in [0.2, 0.25) is 0 Å². The molecule has 5 heterocycles. The van der Waals surface area contributed by atoms with E-state index in [1.165, 1.54) is 49.9 Å². The van der Waals surface area contributed by atoms with Gasteiger partial charge in [-0.3, -0.25) is 14.7 Å². The summed E-state index contributed by atoms with van der Waals surface area (Å²) >= 11 is 0. The third-order valence-electron chi connectivity index (χ3n) is 7.84. The standard InChI is InChI=1S/C17H21N7.C9H13N.C3H7N/c1-4-11-7-12(9-19-8-11)24-10-13(14-5-6-22(2)20-14)15-16(18)21-23(3)17(15)24;10-9-6-7-2-1-3-8(9)5-4-7;1-2-4-3-1/h5-10,15,17H,4H2,1-3H3,(H2,18,21);3-5,7,9H,1-2,6,10H2;4H,1-3H2. The number of aromatic nitrogens is 3. The lowest BCUT2D eigenvalue weighted by molar-refractivity contribution is 0.275. The highest BCUT2D eigenvalue weighted by Gasteiger charge is 2.46. The maximum Gasteiger partial charge on any atom is 0.136 e. The molecular formula is C29H41N9. The second-order valence-electron chi connectivity index (χ2n) is 10.6. The summed E-state index contributed by atoms with van der Waals surface area (Å²) in [6.45, 7) is 4.63. The average Bonchev–Trinajstić information content (AvgIpc) is 3.46. The van der Waals surface area contributed by atoms with E-state index in [2.05, 4.69) is 62.8 Å². The Labute approximate surface area is 226 Å². The van der Waals surface area contributed by atoms with E-state index in [9.17, 15) is 0 Å². The van der Waals surface area contributed by atoms with Crippen molar-refractivity contribution in [3.63, 3.8) is 0 Å². The van der Waals surface area contributed by atoms with Crippen LogP contribution in [0.25, 0.3) is 5.57 Å². The molecule has 1 saturated heterocycles. The first-order valence-corrected chi connectivity index (χ1v) is 13.8. The van der Waals surface area contributed by atoms with E-state index in [1.54, 1.807) is 4.68 Å². The third kappa shape index (κ3) is 5.54. The number of anilines is 1. The fourth-order valence-corrected chi connectivity index (χ4v) is 5.46. The summed E-state index contributed by atoms with van der Waals surface area (Å²) in [5.74, 6) is 1.40. The van der Waals surface area contributed by atoms with Crippen LogP contribution in [0.15, 0.2) is 65.8 Å². The Morgan fingerprint density at radius 1 is 1.18 bits per heavy atom. The van der Waals surface area contributed by atoms with Crippen LogP contribution in [-0.4, -0.2) is 58.0 Å². The summed E-state index contributed by atoms with van der Waals surface area (Å²) in [5.41, 5.74) is 17.8. The predicted octanol–water partition coefficient (Wildman–Crippen LogP) is 2.99. The SMILES string of the molecule is C1CNC1.CCc1cncc(N2C=C(c3ccn(C)n3)C3C(N)=NN(C)C32)c1.NC1CC2C=CC1=CCC2. The van der Waals surface area contributed by atoms with Crippen molar-refractivity contribution in [2.24, 2.45) is 35.5 Å². The van der Waals surface area contributed by atoms with Gasteiger partial charge >= 0.3 is 0 Å². The van der Waals surface area contributed by atoms with Crippen molar-refractivity contribution < 1.29 is 0 Å². The molecule has 0 spiro atoms. The van der Waals surface area contributed by atoms with Crippen LogP contribution in [0.3, 0.4) is 0 Å². The van der Waals surface area contributed by atoms with Crippen LogP contribution in [0.2, 0.25) is 0 Å². The van der Waals surface area contributed by atoms with Gasteiger partial charge in [-0.25, -0.2) is 0 Å². The van der Waals surface area contributed by atoms with Crippen LogP contribution < -0.4 is 21.7 Å². The van der Waals surface area contributed by atoms with Crippen LogP contribution in [-0.2, 0) is 13.5 Å². The van der Waals surface area contributed by atoms with E-state index in [1.807, 2.05) is 43.8 Å². The Kier molecular flexibility index (Phi) is 7.95. The smallest absolute Gasteiger partial charge is 0.136 e. The van der Waals surface area contributed by atoms with Gasteiger partial charge in [-0.1, -0.05) is 25.2 Å². The summed E-state index contributed by atoms with van der Waals surface area (Å²) in [4.78, 5) is 6.58. The van der Waals surface area contributed by atoms with Gasteiger partial charge in [-0.05, 0) is 74.4 Å². The van der Waals surface area contributed by atoms with Crippen LogP contribution in [0.4, 0.5) is 5.69 Å². The number of nitrogens with two attached hydrogens (primary N) is 2. The number of hydrogen-bond acceptors (Lipinski definition) is 8. The molecule has 9 nitrogen and oxygen atoms in total. The number of hydrazone groups is 1. The van der Waals surface area contributed by atoms with E-state index in [4.69, 9.17) is 11.5 Å². The van der Waals surface area contributed by atoms with Crippen LogP contribution >= 0.6 is 0 Å². The van der Waals surface area contributed by atoms with Crippen molar-refractivity contribution in [1.29, 1.82) is 0 Å². The molecule has 0 saturated carbocycles. The molecule has 6 aliphatic rings. The Hall–Kier alpha value is -3.43. The molecule has 2 aromatic rings. The second kappa shape index (κ2) is 11.5. The highest BCUT2D eigenvalue weighted by atomic mass is 15.6. The number of aryl methyl sites for hydroxylation is 2. The number of allylic oxidation sites excluding steroid dienone is 2. The van der Waals surface area contributed by atoms with Gasteiger partial charge in [0.15, 0.2) is 0 Å². The van der Waals surface area contributed by atoms with Crippen molar-refractivity contribution in [1.82, 2.24) is 25.1 Å². The number of nitrogens with zero attached hydrogens (tertiary/aromatic N) is 6. The molecule has 9 heteroatoms. The molecular weight excluding hydrogens is 474 g/mol. The number of nitrogens with one attached hydrogen (secondary N) is 1. The van der Waals surface area contributed by atoms with Gasteiger partial charge in [-0.15, -0.1) is 0 Å². The first-order valence-electron chi connectivity index (χ1n) is 13.8. The van der Waals surface area contributed by atoms with Gasteiger partial charge in [0.25, 0.3) is 0 Å². The summed E-state index contributed by atoms with van der Waals surface area (Å²) in [6.07, 6.45) is 20.7. The van der Waals surface area contributed by atoms with E-state index in [0.717, 1.165) is 29.3 Å². The highest BCUT2D eigenvalue weighted by Crippen LogP contribution is 2.41. The first kappa shape index (κ1) is 26.2. The molecule has 38 heavy (non-hydrogen) atoms. The number of pyridine rings is 1. The zero-order valence-electron chi connectivity index (χ0n) is 22.8. The van der Waals surface area contributed by atoms with E-state index in [-0.39, 0.29) is 12.1 Å². The third-order valence-corrected chi connectivity index (χ3v) is 7.84. The Bertz CT molecular complexity index is 1230. The van der Waals surface area contributed by atoms with Crippen LogP contribution in [0.5, 0.6) is 0 Å². The monoisotopic (exact) mass is 515 g/mol. The van der Waals surface area contributed by atoms with Crippen LogP contribution in [0.1, 0.15) is 43.9 Å². The first-order chi connectivity index (χ1) is 18.4. The molecule has 2 aromatic heterocycles. The maximum atomic E-state index is 6.23. The fraction of sp³-hybridized carbons (Fsp3) is 0.483. The number of hydrogen-bond donors (Lipinski definition) is 3. The van der Waals surface area contributed by atoms with Crippen molar-refractivity contribution in [3.8, 4) is 0 Å². The van der Waals surface area contributed by atoms with E-state index in [0.29, 0.717) is 11.9 Å². The zero-order valence-corrected chi connectivity index (χ0v) is 22.8. The molecule has 202 valence electrons. The lowest BCUT2D eigenvalue weighted by Crippen LogP contribution is -2.41. The molecule has 1 fully saturated rings. The van der Waals surface area contributed by atoms with E-state index < -0.39 is 0 Å². The van der Waals surface area contributed by atoms with Gasteiger partial charge in [0.05, 0.1) is 23.5 Å². The minimum Gasteiger partial charge on any atom is -0.385 e. The average molecular weight is 516 g/mol. The molecule has 2 bridgehead atoms. The summed E-state index contributed by atoms with van der Waals surface area (Å²) < 4.78 is 1.80. The van der Waals surface area contributed by atoms with Gasteiger partial charge < -0.3 is 21.7 Å². The van der Waals surface area contributed by atoms with Gasteiger partial charge in [-0.2, -0.15) is 10.2 Å². The predicted molar refractivity (Wildman–Crippen MR) is 154 cm³/mol. The zero-order chi connectivity index (χ0) is 26.6. The van der Waals surface area contributed by atoms with Crippen molar-refractivity contribution in [2.75, 3.05) is 25.0 Å². The molecule has 8 rings (SSSR count). The molecule has 5 N–H and O–H groups in total. The molecule has 3 aliphatic heterocycles. The minimum atomic E-state index is 0.00943. The Morgan fingerprint density at radius 2 is 1.97 bits per heavy atom. The molecule has 4 unspecified atom stereocenters. The summed E-state index contributed by atoms with van der Waals surface area (Å²) in [6, 6.07) is 4.51. The molecule has 0 amide bonds. The lowest BCUT2D eigenvalue weighted by Gasteiger charge is -2.30. The quantitative estimate of drug-likeness (QED) is 0.576. The molecule has 3 aliphatic carbocycles. The summed E-state index contributed by atoms with van der Waals surface area (Å²) in [5, 5.41) is 14.0. The number of amidine groups is 1. The molecule has 0 aromatic carbocycles. The Morgan fingerprint density at radius 3 is 2.63 bits per heavy atom. The maximum absolute atomic E-state index is 6.23.